The first-order valence-corrected chi connectivity index (χ1v) is 9.00. The zero-order valence-corrected chi connectivity index (χ0v) is 16.1. The van der Waals surface area contributed by atoms with E-state index in [-0.39, 0.29) is 18.3 Å². The lowest BCUT2D eigenvalue weighted by molar-refractivity contribution is 0.00578. The molecule has 2 heterocycles. The summed E-state index contributed by atoms with van der Waals surface area (Å²) in [6.45, 7) is 15.3. The van der Waals surface area contributed by atoms with Crippen LogP contribution in [0.1, 0.15) is 60.5 Å². The third-order valence-electron chi connectivity index (χ3n) is 5.94. The molecule has 0 saturated carbocycles. The number of aromatic amines is 1. The van der Waals surface area contributed by atoms with E-state index in [1.807, 2.05) is 0 Å². The van der Waals surface area contributed by atoms with Crippen molar-refractivity contribution in [1.82, 2.24) is 4.98 Å². The molecule has 130 valence electrons. The monoisotopic (exact) mass is 327 g/mol. The van der Waals surface area contributed by atoms with Crippen molar-refractivity contribution in [2.45, 2.75) is 72.5 Å². The second-order valence-electron chi connectivity index (χ2n) is 8.90. The molecule has 24 heavy (non-hydrogen) atoms. The van der Waals surface area contributed by atoms with Gasteiger partial charge in [0.15, 0.2) is 0 Å². The molecule has 0 aliphatic carbocycles. The number of hydrogen-bond donors (Lipinski definition) is 1. The van der Waals surface area contributed by atoms with Crippen LogP contribution in [0.3, 0.4) is 0 Å². The summed E-state index contributed by atoms with van der Waals surface area (Å²) in [5.74, 6) is 0. The van der Waals surface area contributed by atoms with Gasteiger partial charge in [0.2, 0.25) is 0 Å². The van der Waals surface area contributed by atoms with Crippen LogP contribution < -0.4 is 5.46 Å². The number of H-pyrrole nitrogens is 1. The molecule has 1 aliphatic rings. The number of aromatic nitrogens is 1. The molecule has 0 bridgehead atoms. The Morgan fingerprint density at radius 1 is 1.08 bits per heavy atom. The van der Waals surface area contributed by atoms with Gasteiger partial charge in [-0.25, -0.2) is 0 Å². The van der Waals surface area contributed by atoms with E-state index in [0.29, 0.717) is 5.41 Å². The Balaban J connectivity index is 1.94. The number of fused-ring (bicyclic) bond motifs is 1. The lowest BCUT2D eigenvalue weighted by Crippen LogP contribution is -2.41. The van der Waals surface area contributed by atoms with Gasteiger partial charge in [-0.15, -0.1) is 0 Å². The van der Waals surface area contributed by atoms with Gasteiger partial charge in [0.05, 0.1) is 11.2 Å². The van der Waals surface area contributed by atoms with Gasteiger partial charge < -0.3 is 14.3 Å². The quantitative estimate of drug-likeness (QED) is 0.842. The van der Waals surface area contributed by atoms with Crippen molar-refractivity contribution >= 4 is 23.5 Å². The second kappa shape index (κ2) is 5.64. The first-order valence-electron chi connectivity index (χ1n) is 9.00. The number of nitrogens with one attached hydrogen (secondary N) is 1. The van der Waals surface area contributed by atoms with Crippen LogP contribution in [0.2, 0.25) is 0 Å². The highest BCUT2D eigenvalue weighted by atomic mass is 16.7. The Labute approximate surface area is 146 Å². The van der Waals surface area contributed by atoms with Crippen molar-refractivity contribution in [2.75, 3.05) is 0 Å². The van der Waals surface area contributed by atoms with Crippen LogP contribution in [0.25, 0.3) is 10.9 Å². The summed E-state index contributed by atoms with van der Waals surface area (Å²) in [6, 6.07) is 6.48. The molecule has 0 amide bonds. The molecule has 0 spiro atoms. The second-order valence-corrected chi connectivity index (χ2v) is 8.90. The third kappa shape index (κ3) is 3.02. The molecule has 0 atom stereocenters. The molecule has 2 aromatic rings. The smallest absolute Gasteiger partial charge is 0.399 e. The van der Waals surface area contributed by atoms with E-state index < -0.39 is 0 Å². The maximum Gasteiger partial charge on any atom is 0.494 e. The van der Waals surface area contributed by atoms with E-state index in [9.17, 15) is 0 Å². The lowest BCUT2D eigenvalue weighted by Gasteiger charge is -2.32. The van der Waals surface area contributed by atoms with Crippen molar-refractivity contribution in [3.63, 3.8) is 0 Å². The van der Waals surface area contributed by atoms with Crippen LogP contribution >= 0.6 is 0 Å². The summed E-state index contributed by atoms with van der Waals surface area (Å²) in [5, 5.41) is 1.28. The molecule has 4 heteroatoms. The van der Waals surface area contributed by atoms with Crippen molar-refractivity contribution < 1.29 is 9.31 Å². The topological polar surface area (TPSA) is 34.2 Å². The van der Waals surface area contributed by atoms with E-state index in [1.165, 1.54) is 16.5 Å². The Hall–Kier alpha value is -1.26. The number of hydrogen-bond acceptors (Lipinski definition) is 2. The maximum atomic E-state index is 6.21. The van der Waals surface area contributed by atoms with Crippen molar-refractivity contribution in [2.24, 2.45) is 5.41 Å². The van der Waals surface area contributed by atoms with Gasteiger partial charge in [-0.3, -0.25) is 0 Å². The van der Waals surface area contributed by atoms with Gasteiger partial charge in [-0.2, -0.15) is 0 Å². The lowest BCUT2D eigenvalue weighted by atomic mass is 9.77. The first-order chi connectivity index (χ1) is 11.0. The molecule has 1 aromatic carbocycles. The van der Waals surface area contributed by atoms with E-state index in [1.54, 1.807) is 0 Å². The first kappa shape index (κ1) is 17.6. The molecule has 0 radical (unpaired) electrons. The van der Waals surface area contributed by atoms with Crippen LogP contribution in [-0.2, 0) is 15.7 Å². The fraction of sp³-hybridized carbons (Fsp3) is 0.600. The molecular weight excluding hydrogens is 297 g/mol. The zero-order valence-electron chi connectivity index (χ0n) is 16.1. The summed E-state index contributed by atoms with van der Waals surface area (Å²) >= 11 is 0. The molecular formula is C20H30BNO2. The average Bonchev–Trinajstić information content (AvgIpc) is 2.97. The summed E-state index contributed by atoms with van der Waals surface area (Å²) < 4.78 is 12.4. The van der Waals surface area contributed by atoms with Gasteiger partial charge in [0.25, 0.3) is 0 Å². The molecule has 1 N–H and O–H groups in total. The number of benzene rings is 1. The minimum absolute atomic E-state index is 0.301. The average molecular weight is 327 g/mol. The largest absolute Gasteiger partial charge is 0.494 e. The van der Waals surface area contributed by atoms with Crippen LogP contribution in [0.4, 0.5) is 0 Å². The molecule has 3 nitrogen and oxygen atoms in total. The summed E-state index contributed by atoms with van der Waals surface area (Å²) in [7, 11) is -0.304. The summed E-state index contributed by atoms with van der Waals surface area (Å²) in [5.41, 5.74) is 3.33. The maximum absolute atomic E-state index is 6.21. The van der Waals surface area contributed by atoms with E-state index in [2.05, 4.69) is 77.8 Å². The van der Waals surface area contributed by atoms with Crippen LogP contribution in [0, 0.1) is 5.41 Å². The Bertz CT molecular complexity index is 729. The van der Waals surface area contributed by atoms with Gasteiger partial charge >= 0.3 is 7.12 Å². The van der Waals surface area contributed by atoms with Gasteiger partial charge in [-0.1, -0.05) is 39.3 Å². The Morgan fingerprint density at radius 3 is 2.29 bits per heavy atom. The molecule has 3 rings (SSSR count). The van der Waals surface area contributed by atoms with Crippen molar-refractivity contribution in [1.29, 1.82) is 0 Å². The third-order valence-corrected chi connectivity index (χ3v) is 5.94. The fourth-order valence-corrected chi connectivity index (χ4v) is 3.11. The highest BCUT2D eigenvalue weighted by molar-refractivity contribution is 6.62. The van der Waals surface area contributed by atoms with Crippen LogP contribution in [0.15, 0.2) is 24.4 Å². The standard InChI is InChI=1S/C20H30BNO2/c1-8-18(2,3)12-14-13-22-17-10-9-15(11-16(14)17)21-23-19(4,5)20(6,7)24-21/h9-11,13,22H,8,12H2,1-7H3. The fourth-order valence-electron chi connectivity index (χ4n) is 3.11. The van der Waals surface area contributed by atoms with Gasteiger partial charge in [-0.05, 0) is 56.6 Å². The predicted molar refractivity (Wildman–Crippen MR) is 102 cm³/mol. The van der Waals surface area contributed by atoms with Crippen LogP contribution in [-0.4, -0.2) is 23.3 Å². The number of rotatable bonds is 4. The van der Waals surface area contributed by atoms with Gasteiger partial charge in [0.1, 0.15) is 0 Å². The minimum atomic E-state index is -0.308. The van der Waals surface area contributed by atoms with Gasteiger partial charge in [0, 0.05) is 17.1 Å². The highest BCUT2D eigenvalue weighted by Crippen LogP contribution is 2.37. The van der Waals surface area contributed by atoms with E-state index in [0.717, 1.165) is 18.3 Å². The molecule has 1 fully saturated rings. The summed E-state index contributed by atoms with van der Waals surface area (Å²) in [4.78, 5) is 3.40. The van der Waals surface area contributed by atoms with Crippen LogP contribution in [0.5, 0.6) is 0 Å². The zero-order chi connectivity index (χ0) is 17.8. The molecule has 1 aliphatic heterocycles. The van der Waals surface area contributed by atoms with E-state index >= 15 is 0 Å². The SMILES string of the molecule is CCC(C)(C)Cc1c[nH]c2ccc(B3OC(C)(C)C(C)(C)O3)cc12. The van der Waals surface area contributed by atoms with Crippen molar-refractivity contribution in [3.8, 4) is 0 Å². The highest BCUT2D eigenvalue weighted by Gasteiger charge is 2.51. The van der Waals surface area contributed by atoms with Crippen molar-refractivity contribution in [3.05, 3.63) is 30.0 Å². The Kier molecular flexibility index (Phi) is 4.13. The normalized spacial score (nSPS) is 20.0. The molecule has 0 unspecified atom stereocenters. The minimum Gasteiger partial charge on any atom is -0.399 e. The summed E-state index contributed by atoms with van der Waals surface area (Å²) in [6.07, 6.45) is 4.38. The Morgan fingerprint density at radius 2 is 1.71 bits per heavy atom. The van der Waals surface area contributed by atoms with E-state index in [4.69, 9.17) is 9.31 Å². The predicted octanol–water partition coefficient (Wildman–Crippen LogP) is 4.45. The molecule has 1 saturated heterocycles. The molecule has 1 aromatic heterocycles.